The average Bonchev–Trinajstić information content (AvgIpc) is 2.73. The molecule has 0 saturated heterocycles. The van der Waals surface area contributed by atoms with Crippen molar-refractivity contribution in [2.75, 3.05) is 6.54 Å². The normalized spacial score (nSPS) is 23.3. The molecule has 5 heteroatoms. The van der Waals surface area contributed by atoms with Crippen LogP contribution in [-0.2, 0) is 9.59 Å². The molecule has 4 N–H and O–H groups in total. The largest absolute Gasteiger partial charge is 0.481 e. The lowest BCUT2D eigenvalue weighted by Crippen LogP contribution is -2.33. The van der Waals surface area contributed by atoms with E-state index in [1.807, 2.05) is 13.8 Å². The molecule has 0 aliphatic heterocycles. The molecule has 1 fully saturated rings. The predicted octanol–water partition coefficient (Wildman–Crippen LogP) is 1.51. The maximum atomic E-state index is 11.9. The van der Waals surface area contributed by atoms with Gasteiger partial charge in [-0.3, -0.25) is 9.59 Å². The monoisotopic (exact) mass is 270 g/mol. The van der Waals surface area contributed by atoms with E-state index in [1.54, 1.807) is 0 Å². The molecule has 1 aliphatic carbocycles. The highest BCUT2D eigenvalue weighted by molar-refractivity contribution is 5.78. The molecule has 5 nitrogen and oxygen atoms in total. The van der Waals surface area contributed by atoms with Crippen LogP contribution in [0.3, 0.4) is 0 Å². The number of carboxylic acids is 1. The topological polar surface area (TPSA) is 92.4 Å². The number of carboxylic acid groups (broad SMARTS) is 1. The fraction of sp³-hybridized carbons (Fsp3) is 0.857. The molecule has 19 heavy (non-hydrogen) atoms. The molecule has 1 rings (SSSR count). The van der Waals surface area contributed by atoms with E-state index in [1.165, 1.54) is 0 Å². The highest BCUT2D eigenvalue weighted by atomic mass is 16.4. The SMILES string of the molecule is CC(C)(CCNC(=O)C1CCC(N)C1)CCC(=O)O. The fourth-order valence-corrected chi connectivity index (χ4v) is 2.49. The second kappa shape index (κ2) is 6.89. The summed E-state index contributed by atoms with van der Waals surface area (Å²) in [6, 6.07) is 0.169. The van der Waals surface area contributed by atoms with Gasteiger partial charge in [-0.2, -0.15) is 0 Å². The summed E-state index contributed by atoms with van der Waals surface area (Å²) in [5, 5.41) is 11.6. The first-order valence-electron chi connectivity index (χ1n) is 7.05. The molecule has 110 valence electrons. The van der Waals surface area contributed by atoms with Crippen LogP contribution < -0.4 is 11.1 Å². The van der Waals surface area contributed by atoms with Crippen molar-refractivity contribution in [3.63, 3.8) is 0 Å². The van der Waals surface area contributed by atoms with Gasteiger partial charge in [0.1, 0.15) is 0 Å². The van der Waals surface area contributed by atoms with Gasteiger partial charge in [-0.15, -0.1) is 0 Å². The van der Waals surface area contributed by atoms with Crippen LogP contribution in [0.4, 0.5) is 0 Å². The van der Waals surface area contributed by atoms with Gasteiger partial charge >= 0.3 is 5.97 Å². The van der Waals surface area contributed by atoms with Crippen LogP contribution in [0.5, 0.6) is 0 Å². The maximum Gasteiger partial charge on any atom is 0.303 e. The van der Waals surface area contributed by atoms with Gasteiger partial charge < -0.3 is 16.2 Å². The molecule has 0 spiro atoms. The van der Waals surface area contributed by atoms with E-state index in [4.69, 9.17) is 10.8 Å². The van der Waals surface area contributed by atoms with Crippen molar-refractivity contribution in [2.45, 2.75) is 58.4 Å². The summed E-state index contributed by atoms with van der Waals surface area (Å²) in [6.07, 6.45) is 4.21. The number of carbonyl (C=O) groups is 2. The second-order valence-electron chi connectivity index (χ2n) is 6.37. The Morgan fingerprint density at radius 2 is 2.00 bits per heavy atom. The molecule has 1 saturated carbocycles. The highest BCUT2D eigenvalue weighted by Crippen LogP contribution is 2.27. The van der Waals surface area contributed by atoms with Crippen LogP contribution in [0, 0.1) is 11.3 Å². The molecule has 2 atom stereocenters. The Hall–Kier alpha value is -1.10. The molecule has 0 heterocycles. The number of amides is 1. The number of nitrogens with two attached hydrogens (primary N) is 1. The van der Waals surface area contributed by atoms with Crippen LogP contribution >= 0.6 is 0 Å². The number of nitrogens with one attached hydrogen (secondary N) is 1. The molecule has 1 aliphatic rings. The van der Waals surface area contributed by atoms with Crippen molar-refractivity contribution in [1.82, 2.24) is 5.32 Å². The average molecular weight is 270 g/mol. The number of aliphatic carboxylic acids is 1. The third-order valence-electron chi connectivity index (χ3n) is 3.96. The first kappa shape index (κ1) is 16.0. The number of hydrogen-bond acceptors (Lipinski definition) is 3. The minimum atomic E-state index is -0.767. The van der Waals surface area contributed by atoms with Crippen LogP contribution in [-0.4, -0.2) is 29.6 Å². The first-order chi connectivity index (χ1) is 8.80. The molecule has 2 unspecified atom stereocenters. The van der Waals surface area contributed by atoms with Crippen LogP contribution in [0.15, 0.2) is 0 Å². The number of rotatable bonds is 7. The Balaban J connectivity index is 2.21. The Labute approximate surface area is 114 Å². The summed E-state index contributed by atoms with van der Waals surface area (Å²) >= 11 is 0. The van der Waals surface area contributed by atoms with E-state index in [9.17, 15) is 9.59 Å². The van der Waals surface area contributed by atoms with E-state index in [2.05, 4.69) is 5.32 Å². The lowest BCUT2D eigenvalue weighted by Gasteiger charge is -2.24. The van der Waals surface area contributed by atoms with E-state index >= 15 is 0 Å². The zero-order valence-electron chi connectivity index (χ0n) is 11.9. The van der Waals surface area contributed by atoms with Gasteiger partial charge in [0.15, 0.2) is 0 Å². The van der Waals surface area contributed by atoms with E-state index in [-0.39, 0.29) is 29.7 Å². The zero-order valence-corrected chi connectivity index (χ0v) is 11.9. The van der Waals surface area contributed by atoms with Crippen LogP contribution in [0.2, 0.25) is 0 Å². The van der Waals surface area contributed by atoms with Gasteiger partial charge in [-0.1, -0.05) is 13.8 Å². The number of carbonyl (C=O) groups excluding carboxylic acids is 1. The van der Waals surface area contributed by atoms with Crippen molar-refractivity contribution in [3.8, 4) is 0 Å². The standard InChI is InChI=1S/C14H26N2O3/c1-14(2,6-5-12(17)18)7-8-16-13(19)10-3-4-11(15)9-10/h10-11H,3-9,15H2,1-2H3,(H,16,19)(H,17,18). The maximum absolute atomic E-state index is 11.9. The quantitative estimate of drug-likeness (QED) is 0.654. The number of hydrogen-bond donors (Lipinski definition) is 3. The molecule has 1 amide bonds. The summed E-state index contributed by atoms with van der Waals surface area (Å²) in [5.74, 6) is -0.601. The third-order valence-corrected chi connectivity index (χ3v) is 3.96. The van der Waals surface area contributed by atoms with E-state index in [0.29, 0.717) is 13.0 Å². The van der Waals surface area contributed by atoms with Gasteiger partial charge in [0, 0.05) is 24.9 Å². The van der Waals surface area contributed by atoms with Gasteiger partial charge in [0.25, 0.3) is 0 Å². The predicted molar refractivity (Wildman–Crippen MR) is 73.6 cm³/mol. The van der Waals surface area contributed by atoms with Crippen molar-refractivity contribution in [2.24, 2.45) is 17.1 Å². The van der Waals surface area contributed by atoms with Crippen molar-refractivity contribution >= 4 is 11.9 Å². The molecule has 0 bridgehead atoms. The lowest BCUT2D eigenvalue weighted by molar-refractivity contribution is -0.137. The Kier molecular flexibility index (Phi) is 5.79. The fourth-order valence-electron chi connectivity index (χ4n) is 2.49. The first-order valence-corrected chi connectivity index (χ1v) is 7.05. The van der Waals surface area contributed by atoms with Crippen molar-refractivity contribution in [3.05, 3.63) is 0 Å². The van der Waals surface area contributed by atoms with E-state index < -0.39 is 5.97 Å². The highest BCUT2D eigenvalue weighted by Gasteiger charge is 2.28. The van der Waals surface area contributed by atoms with Crippen LogP contribution in [0.1, 0.15) is 52.4 Å². The Bertz CT molecular complexity index is 329. The molecule has 0 aromatic heterocycles. The Morgan fingerprint density at radius 3 is 2.53 bits per heavy atom. The summed E-state index contributed by atoms with van der Waals surface area (Å²) in [5.41, 5.74) is 5.74. The molecule has 0 radical (unpaired) electrons. The smallest absolute Gasteiger partial charge is 0.303 e. The van der Waals surface area contributed by atoms with Gasteiger partial charge in [-0.05, 0) is 37.5 Å². The van der Waals surface area contributed by atoms with Gasteiger partial charge in [0.05, 0.1) is 0 Å². The summed E-state index contributed by atoms with van der Waals surface area (Å²) in [7, 11) is 0. The minimum Gasteiger partial charge on any atom is -0.481 e. The molecule has 0 aromatic rings. The van der Waals surface area contributed by atoms with Crippen LogP contribution in [0.25, 0.3) is 0 Å². The van der Waals surface area contributed by atoms with Crippen molar-refractivity contribution < 1.29 is 14.7 Å². The Morgan fingerprint density at radius 1 is 1.32 bits per heavy atom. The van der Waals surface area contributed by atoms with Crippen molar-refractivity contribution in [1.29, 1.82) is 0 Å². The van der Waals surface area contributed by atoms with Gasteiger partial charge in [0.2, 0.25) is 5.91 Å². The summed E-state index contributed by atoms with van der Waals surface area (Å²) in [4.78, 5) is 22.4. The second-order valence-corrected chi connectivity index (χ2v) is 6.37. The minimum absolute atomic E-state index is 0.0578. The lowest BCUT2D eigenvalue weighted by atomic mass is 9.84. The third kappa shape index (κ3) is 6.05. The van der Waals surface area contributed by atoms with E-state index in [0.717, 1.165) is 25.7 Å². The molecular weight excluding hydrogens is 244 g/mol. The summed E-state index contributed by atoms with van der Waals surface area (Å²) in [6.45, 7) is 4.68. The summed E-state index contributed by atoms with van der Waals surface area (Å²) < 4.78 is 0. The zero-order chi connectivity index (χ0) is 14.5. The molecular formula is C14H26N2O3. The molecule has 0 aromatic carbocycles. The van der Waals surface area contributed by atoms with Gasteiger partial charge in [-0.25, -0.2) is 0 Å².